The van der Waals surface area contributed by atoms with E-state index in [2.05, 4.69) is 5.32 Å². The third kappa shape index (κ3) is 8.84. The second kappa shape index (κ2) is 6.24. The van der Waals surface area contributed by atoms with E-state index in [1.54, 1.807) is 12.3 Å². The van der Waals surface area contributed by atoms with Crippen molar-refractivity contribution in [2.45, 2.75) is 39.7 Å². The summed E-state index contributed by atoms with van der Waals surface area (Å²) in [5.41, 5.74) is -0.447. The predicted molar refractivity (Wildman–Crippen MR) is 57.9 cm³/mol. The maximum Gasteiger partial charge on any atom is 0.411 e. The zero-order valence-corrected chi connectivity index (χ0v) is 9.33. The predicted octanol–water partition coefficient (Wildman–Crippen LogP) is 2.99. The summed E-state index contributed by atoms with van der Waals surface area (Å²) in [5.74, 6) is 0. The number of hydrogen-bond acceptors (Lipinski definition) is 2. The molecule has 0 aliphatic carbocycles. The molecule has 0 rings (SSSR count). The molecular formula is C11H19NO2. The number of hydrogen-bond donors (Lipinski definition) is 1. The van der Waals surface area contributed by atoms with Gasteiger partial charge in [0.1, 0.15) is 5.60 Å². The van der Waals surface area contributed by atoms with Crippen molar-refractivity contribution in [1.29, 1.82) is 0 Å². The average molecular weight is 197 g/mol. The monoisotopic (exact) mass is 197 g/mol. The van der Waals surface area contributed by atoms with Crippen molar-refractivity contribution >= 4 is 6.09 Å². The van der Waals surface area contributed by atoms with Gasteiger partial charge in [-0.15, -0.1) is 0 Å². The lowest BCUT2D eigenvalue weighted by molar-refractivity contribution is 0.0552. The summed E-state index contributed by atoms with van der Waals surface area (Å²) in [6.45, 7) is 7.53. The second-order valence-electron chi connectivity index (χ2n) is 3.84. The molecule has 0 spiro atoms. The molecule has 14 heavy (non-hydrogen) atoms. The van der Waals surface area contributed by atoms with E-state index in [4.69, 9.17) is 4.74 Å². The van der Waals surface area contributed by atoms with E-state index in [9.17, 15) is 4.79 Å². The maximum absolute atomic E-state index is 11.1. The molecule has 0 unspecified atom stereocenters. The van der Waals surface area contributed by atoms with Gasteiger partial charge in [0.05, 0.1) is 0 Å². The molecule has 0 aliphatic heterocycles. The van der Waals surface area contributed by atoms with Crippen LogP contribution in [0.4, 0.5) is 4.79 Å². The van der Waals surface area contributed by atoms with E-state index in [1.165, 1.54) is 0 Å². The van der Waals surface area contributed by atoms with Crippen molar-refractivity contribution in [3.05, 3.63) is 24.4 Å². The third-order valence-corrected chi connectivity index (χ3v) is 1.18. The minimum absolute atomic E-state index is 0.432. The summed E-state index contributed by atoms with van der Waals surface area (Å²) in [4.78, 5) is 11.1. The first-order valence-electron chi connectivity index (χ1n) is 4.77. The van der Waals surface area contributed by atoms with Crippen molar-refractivity contribution in [2.24, 2.45) is 0 Å². The molecule has 0 aromatic rings. The number of amides is 1. The zero-order chi connectivity index (χ0) is 11.0. The molecule has 0 atom stereocenters. The van der Waals surface area contributed by atoms with Crippen LogP contribution < -0.4 is 5.32 Å². The molecule has 3 nitrogen and oxygen atoms in total. The molecular weight excluding hydrogens is 178 g/mol. The molecule has 1 N–H and O–H groups in total. The smallest absolute Gasteiger partial charge is 0.411 e. The van der Waals surface area contributed by atoms with E-state index in [0.29, 0.717) is 0 Å². The first-order chi connectivity index (χ1) is 6.45. The van der Waals surface area contributed by atoms with Crippen LogP contribution in [0.2, 0.25) is 0 Å². The summed E-state index contributed by atoms with van der Waals surface area (Å²) < 4.78 is 5.02. The van der Waals surface area contributed by atoms with Crippen molar-refractivity contribution in [3.63, 3.8) is 0 Å². The SMILES string of the molecule is CC/C=C\C=C/NC(=O)OC(C)(C)C. The Hall–Kier alpha value is -1.25. The second-order valence-corrected chi connectivity index (χ2v) is 3.84. The largest absolute Gasteiger partial charge is 0.444 e. The molecule has 0 aromatic heterocycles. The number of carbonyl (C=O) groups excluding carboxylic acids is 1. The molecule has 3 heteroatoms. The number of alkyl carbamates (subject to hydrolysis) is 1. The average Bonchev–Trinajstić information content (AvgIpc) is 2.00. The molecule has 1 amide bonds. The van der Waals surface area contributed by atoms with Crippen LogP contribution in [0.5, 0.6) is 0 Å². The third-order valence-electron chi connectivity index (χ3n) is 1.18. The van der Waals surface area contributed by atoms with Crippen LogP contribution in [0.15, 0.2) is 24.4 Å². The van der Waals surface area contributed by atoms with Gasteiger partial charge in [0.15, 0.2) is 0 Å². The highest BCUT2D eigenvalue weighted by Crippen LogP contribution is 2.06. The lowest BCUT2D eigenvalue weighted by Crippen LogP contribution is -2.29. The highest BCUT2D eigenvalue weighted by atomic mass is 16.6. The Kier molecular flexibility index (Phi) is 5.68. The van der Waals surface area contributed by atoms with Gasteiger partial charge in [-0.1, -0.05) is 19.1 Å². The number of nitrogens with one attached hydrogen (secondary N) is 1. The number of allylic oxidation sites excluding steroid dienone is 3. The van der Waals surface area contributed by atoms with Crippen LogP contribution >= 0.6 is 0 Å². The molecule has 0 heterocycles. The summed E-state index contributed by atoms with van der Waals surface area (Å²) in [6.07, 6.45) is 7.73. The lowest BCUT2D eigenvalue weighted by atomic mass is 10.2. The van der Waals surface area contributed by atoms with Gasteiger partial charge in [0.25, 0.3) is 0 Å². The van der Waals surface area contributed by atoms with Gasteiger partial charge in [-0.05, 0) is 33.3 Å². The highest BCUT2D eigenvalue weighted by Gasteiger charge is 2.14. The Labute approximate surface area is 85.8 Å². The van der Waals surface area contributed by atoms with Crippen molar-refractivity contribution in [2.75, 3.05) is 0 Å². The standard InChI is InChI=1S/C11H19NO2/c1-5-6-7-8-9-12-10(13)14-11(2,3)4/h6-9H,5H2,1-4H3,(H,12,13)/b7-6-,9-8-. The minimum atomic E-state index is -0.447. The van der Waals surface area contributed by atoms with Crippen molar-refractivity contribution in [1.82, 2.24) is 5.32 Å². The fourth-order valence-corrected chi connectivity index (χ4v) is 0.694. The fraction of sp³-hybridized carbons (Fsp3) is 0.545. The maximum atomic E-state index is 11.1. The number of rotatable bonds is 3. The summed E-state index contributed by atoms with van der Waals surface area (Å²) in [6, 6.07) is 0. The summed E-state index contributed by atoms with van der Waals surface area (Å²) >= 11 is 0. The van der Waals surface area contributed by atoms with Gasteiger partial charge in [-0.3, -0.25) is 5.32 Å². The normalized spacial score (nSPS) is 12.3. The zero-order valence-electron chi connectivity index (χ0n) is 9.33. The quantitative estimate of drug-likeness (QED) is 0.706. The Morgan fingerprint density at radius 3 is 2.50 bits per heavy atom. The van der Waals surface area contributed by atoms with Crippen molar-refractivity contribution < 1.29 is 9.53 Å². The van der Waals surface area contributed by atoms with Crippen LogP contribution in [0.25, 0.3) is 0 Å². The van der Waals surface area contributed by atoms with Crippen LogP contribution in [0.3, 0.4) is 0 Å². The first-order valence-corrected chi connectivity index (χ1v) is 4.77. The van der Waals surface area contributed by atoms with E-state index < -0.39 is 11.7 Å². The Balaban J connectivity index is 3.75. The molecule has 0 radical (unpaired) electrons. The van der Waals surface area contributed by atoms with Crippen LogP contribution in [-0.2, 0) is 4.74 Å². The molecule has 0 aliphatic rings. The Bertz CT molecular complexity index is 224. The van der Waals surface area contributed by atoms with Gasteiger partial charge < -0.3 is 4.74 Å². The molecule has 0 fully saturated rings. The van der Waals surface area contributed by atoms with Gasteiger partial charge in [0, 0.05) is 6.20 Å². The summed E-state index contributed by atoms with van der Waals surface area (Å²) in [5, 5.41) is 2.51. The van der Waals surface area contributed by atoms with E-state index >= 15 is 0 Å². The van der Waals surface area contributed by atoms with E-state index in [1.807, 2.05) is 39.8 Å². The molecule has 0 saturated heterocycles. The Morgan fingerprint density at radius 1 is 1.36 bits per heavy atom. The molecule has 0 aromatic carbocycles. The number of carbonyl (C=O) groups is 1. The molecule has 80 valence electrons. The van der Waals surface area contributed by atoms with Crippen LogP contribution in [0.1, 0.15) is 34.1 Å². The van der Waals surface area contributed by atoms with Crippen LogP contribution in [-0.4, -0.2) is 11.7 Å². The highest BCUT2D eigenvalue weighted by molar-refractivity contribution is 5.68. The molecule has 0 saturated carbocycles. The first kappa shape index (κ1) is 12.8. The van der Waals surface area contributed by atoms with Crippen molar-refractivity contribution in [3.8, 4) is 0 Å². The van der Waals surface area contributed by atoms with Gasteiger partial charge in [0.2, 0.25) is 0 Å². The fourth-order valence-electron chi connectivity index (χ4n) is 0.694. The topological polar surface area (TPSA) is 38.3 Å². The van der Waals surface area contributed by atoms with Crippen LogP contribution in [0, 0.1) is 0 Å². The Morgan fingerprint density at radius 2 is 2.00 bits per heavy atom. The summed E-state index contributed by atoms with van der Waals surface area (Å²) in [7, 11) is 0. The van der Waals surface area contributed by atoms with Gasteiger partial charge in [-0.2, -0.15) is 0 Å². The van der Waals surface area contributed by atoms with E-state index in [-0.39, 0.29) is 0 Å². The van der Waals surface area contributed by atoms with Gasteiger partial charge in [-0.25, -0.2) is 4.79 Å². The lowest BCUT2D eigenvalue weighted by Gasteiger charge is -2.18. The van der Waals surface area contributed by atoms with E-state index in [0.717, 1.165) is 6.42 Å². The number of ether oxygens (including phenoxy) is 1. The molecule has 0 bridgehead atoms. The minimum Gasteiger partial charge on any atom is -0.444 e. The van der Waals surface area contributed by atoms with Gasteiger partial charge >= 0.3 is 6.09 Å².